The minimum Gasteiger partial charge on any atom is -0.383 e. The monoisotopic (exact) mass is 230 g/mol. The second-order valence-electron chi connectivity index (χ2n) is 4.64. The van der Waals surface area contributed by atoms with E-state index in [1.165, 1.54) is 0 Å². The standard InChI is InChI=1S/C12H26N2O2/c1-11(2)14(7-9-15-3)6-4-12-10-16-8-5-13-12/h11-13H,4-10H2,1-3H3. The molecule has 0 aromatic heterocycles. The van der Waals surface area contributed by atoms with E-state index >= 15 is 0 Å². The van der Waals surface area contributed by atoms with Crippen LogP contribution in [0.5, 0.6) is 0 Å². The summed E-state index contributed by atoms with van der Waals surface area (Å²) in [6.45, 7) is 10.1. The number of hydrogen-bond donors (Lipinski definition) is 1. The van der Waals surface area contributed by atoms with Crippen LogP contribution in [0.25, 0.3) is 0 Å². The summed E-state index contributed by atoms with van der Waals surface area (Å²) < 4.78 is 10.6. The highest BCUT2D eigenvalue weighted by atomic mass is 16.5. The molecule has 16 heavy (non-hydrogen) atoms. The summed E-state index contributed by atoms with van der Waals surface area (Å²) in [7, 11) is 1.76. The van der Waals surface area contributed by atoms with Crippen LogP contribution in [0, 0.1) is 0 Å². The van der Waals surface area contributed by atoms with E-state index in [-0.39, 0.29) is 0 Å². The summed E-state index contributed by atoms with van der Waals surface area (Å²) in [5.41, 5.74) is 0. The van der Waals surface area contributed by atoms with Gasteiger partial charge in [-0.05, 0) is 20.3 Å². The number of rotatable bonds is 7. The molecule has 1 saturated heterocycles. The lowest BCUT2D eigenvalue weighted by atomic mass is 10.1. The molecule has 1 atom stereocenters. The highest BCUT2D eigenvalue weighted by Crippen LogP contribution is 2.04. The molecule has 0 radical (unpaired) electrons. The summed E-state index contributed by atoms with van der Waals surface area (Å²) in [4.78, 5) is 2.46. The van der Waals surface area contributed by atoms with Crippen molar-refractivity contribution in [1.29, 1.82) is 0 Å². The Labute approximate surface area is 99.3 Å². The van der Waals surface area contributed by atoms with Crippen LogP contribution in [-0.2, 0) is 9.47 Å². The number of methoxy groups -OCH3 is 1. The third-order valence-electron chi connectivity index (χ3n) is 3.08. The summed E-state index contributed by atoms with van der Waals surface area (Å²) in [6.07, 6.45) is 1.15. The molecular weight excluding hydrogens is 204 g/mol. The molecule has 1 aliphatic heterocycles. The first-order chi connectivity index (χ1) is 7.74. The summed E-state index contributed by atoms with van der Waals surface area (Å²) in [6, 6.07) is 1.11. The molecule has 1 unspecified atom stereocenters. The molecule has 0 aromatic carbocycles. The highest BCUT2D eigenvalue weighted by molar-refractivity contribution is 4.73. The average Bonchev–Trinajstić information content (AvgIpc) is 2.30. The van der Waals surface area contributed by atoms with Crippen molar-refractivity contribution in [1.82, 2.24) is 10.2 Å². The van der Waals surface area contributed by atoms with Gasteiger partial charge in [0.15, 0.2) is 0 Å². The fraction of sp³-hybridized carbons (Fsp3) is 1.00. The molecule has 1 fully saturated rings. The third kappa shape index (κ3) is 5.25. The number of morpholine rings is 1. The normalized spacial score (nSPS) is 21.9. The Balaban J connectivity index is 2.19. The lowest BCUT2D eigenvalue weighted by Gasteiger charge is -2.30. The Morgan fingerprint density at radius 2 is 2.25 bits per heavy atom. The molecule has 1 aliphatic rings. The van der Waals surface area contributed by atoms with Gasteiger partial charge in [-0.15, -0.1) is 0 Å². The molecule has 0 spiro atoms. The molecule has 0 aromatic rings. The van der Waals surface area contributed by atoms with Gasteiger partial charge in [-0.25, -0.2) is 0 Å². The Kier molecular flexibility index (Phi) is 6.96. The first-order valence-corrected chi connectivity index (χ1v) is 6.28. The zero-order valence-corrected chi connectivity index (χ0v) is 10.9. The lowest BCUT2D eigenvalue weighted by Crippen LogP contribution is -2.44. The van der Waals surface area contributed by atoms with Gasteiger partial charge < -0.3 is 14.8 Å². The van der Waals surface area contributed by atoms with Gasteiger partial charge in [0, 0.05) is 38.8 Å². The fourth-order valence-electron chi connectivity index (χ4n) is 1.96. The second-order valence-corrected chi connectivity index (χ2v) is 4.64. The number of ether oxygens (including phenoxy) is 2. The van der Waals surface area contributed by atoms with Crippen LogP contribution in [0.1, 0.15) is 20.3 Å². The number of hydrogen-bond acceptors (Lipinski definition) is 4. The van der Waals surface area contributed by atoms with Crippen molar-refractivity contribution in [2.24, 2.45) is 0 Å². The molecule has 0 saturated carbocycles. The smallest absolute Gasteiger partial charge is 0.0620 e. The summed E-state index contributed by atoms with van der Waals surface area (Å²) >= 11 is 0. The molecule has 96 valence electrons. The zero-order chi connectivity index (χ0) is 11.8. The first kappa shape index (κ1) is 13.9. The van der Waals surface area contributed by atoms with Crippen molar-refractivity contribution >= 4 is 0 Å². The van der Waals surface area contributed by atoms with E-state index in [0.717, 1.165) is 45.9 Å². The van der Waals surface area contributed by atoms with Gasteiger partial charge >= 0.3 is 0 Å². The maximum absolute atomic E-state index is 5.45. The van der Waals surface area contributed by atoms with Gasteiger partial charge in [-0.1, -0.05) is 0 Å². The van der Waals surface area contributed by atoms with E-state index in [1.807, 2.05) is 0 Å². The average molecular weight is 230 g/mol. The van der Waals surface area contributed by atoms with Crippen molar-refractivity contribution in [3.8, 4) is 0 Å². The van der Waals surface area contributed by atoms with E-state index in [4.69, 9.17) is 9.47 Å². The molecule has 4 nitrogen and oxygen atoms in total. The van der Waals surface area contributed by atoms with E-state index in [9.17, 15) is 0 Å². The van der Waals surface area contributed by atoms with Crippen molar-refractivity contribution in [2.75, 3.05) is 46.6 Å². The van der Waals surface area contributed by atoms with Gasteiger partial charge in [0.25, 0.3) is 0 Å². The predicted molar refractivity (Wildman–Crippen MR) is 65.8 cm³/mol. The van der Waals surface area contributed by atoms with Gasteiger partial charge in [-0.2, -0.15) is 0 Å². The quantitative estimate of drug-likeness (QED) is 0.699. The molecule has 0 aliphatic carbocycles. The number of nitrogens with one attached hydrogen (secondary N) is 1. The Morgan fingerprint density at radius 3 is 2.81 bits per heavy atom. The van der Waals surface area contributed by atoms with Gasteiger partial charge in [0.2, 0.25) is 0 Å². The van der Waals surface area contributed by atoms with Crippen LogP contribution < -0.4 is 5.32 Å². The maximum Gasteiger partial charge on any atom is 0.0620 e. The second kappa shape index (κ2) is 8.01. The summed E-state index contributed by atoms with van der Waals surface area (Å²) in [5.74, 6) is 0. The molecule has 1 rings (SSSR count). The minimum absolute atomic E-state index is 0.526. The zero-order valence-electron chi connectivity index (χ0n) is 10.9. The maximum atomic E-state index is 5.45. The molecule has 0 amide bonds. The van der Waals surface area contributed by atoms with Crippen LogP contribution in [-0.4, -0.2) is 63.5 Å². The fourth-order valence-corrected chi connectivity index (χ4v) is 1.96. The van der Waals surface area contributed by atoms with Crippen molar-refractivity contribution in [3.05, 3.63) is 0 Å². The Morgan fingerprint density at radius 1 is 1.44 bits per heavy atom. The summed E-state index contributed by atoms with van der Waals surface area (Å²) in [5, 5.41) is 3.49. The molecule has 1 N–H and O–H groups in total. The minimum atomic E-state index is 0.526. The van der Waals surface area contributed by atoms with Crippen molar-refractivity contribution in [2.45, 2.75) is 32.4 Å². The van der Waals surface area contributed by atoms with Gasteiger partial charge in [0.05, 0.1) is 19.8 Å². The van der Waals surface area contributed by atoms with Crippen LogP contribution in [0.4, 0.5) is 0 Å². The SMILES string of the molecule is COCCN(CCC1COCCN1)C(C)C. The molecule has 4 heteroatoms. The molecule has 1 heterocycles. The van der Waals surface area contributed by atoms with E-state index < -0.39 is 0 Å². The number of nitrogens with zero attached hydrogens (tertiary/aromatic N) is 1. The van der Waals surface area contributed by atoms with Crippen LogP contribution in [0.15, 0.2) is 0 Å². The lowest BCUT2D eigenvalue weighted by molar-refractivity contribution is 0.0650. The van der Waals surface area contributed by atoms with E-state index in [0.29, 0.717) is 12.1 Å². The van der Waals surface area contributed by atoms with Crippen LogP contribution in [0.2, 0.25) is 0 Å². The van der Waals surface area contributed by atoms with Crippen molar-refractivity contribution < 1.29 is 9.47 Å². The Hall–Kier alpha value is -0.160. The highest BCUT2D eigenvalue weighted by Gasteiger charge is 2.15. The Bertz CT molecular complexity index is 170. The third-order valence-corrected chi connectivity index (χ3v) is 3.08. The largest absolute Gasteiger partial charge is 0.383 e. The molecule has 0 bridgehead atoms. The molecular formula is C12H26N2O2. The van der Waals surface area contributed by atoms with Crippen LogP contribution in [0.3, 0.4) is 0 Å². The first-order valence-electron chi connectivity index (χ1n) is 6.28. The topological polar surface area (TPSA) is 33.7 Å². The van der Waals surface area contributed by atoms with Gasteiger partial charge in [0.1, 0.15) is 0 Å². The van der Waals surface area contributed by atoms with Gasteiger partial charge in [-0.3, -0.25) is 4.90 Å². The van der Waals surface area contributed by atoms with Crippen LogP contribution >= 0.6 is 0 Å². The van der Waals surface area contributed by atoms with E-state index in [1.54, 1.807) is 7.11 Å². The predicted octanol–water partition coefficient (Wildman–Crippen LogP) is 0.722. The van der Waals surface area contributed by atoms with Crippen molar-refractivity contribution in [3.63, 3.8) is 0 Å². The van der Waals surface area contributed by atoms with E-state index in [2.05, 4.69) is 24.1 Å².